The zero-order valence-electron chi connectivity index (χ0n) is 8.01. The number of aryl methyl sites for hydroxylation is 1. The summed E-state index contributed by atoms with van der Waals surface area (Å²) < 4.78 is 1.91. The highest BCUT2D eigenvalue weighted by Gasteiger charge is 2.12. The van der Waals surface area contributed by atoms with Crippen LogP contribution in [-0.4, -0.2) is 21.3 Å². The predicted octanol–water partition coefficient (Wildman–Crippen LogP) is 0.565. The number of nitrogens with zero attached hydrogens (tertiary/aromatic N) is 2. The molecule has 1 aromatic carbocycles. The van der Waals surface area contributed by atoms with E-state index in [1.54, 1.807) is 0 Å². The average Bonchev–Trinajstić information content (AvgIpc) is 2.56. The molecule has 14 heavy (non-hydrogen) atoms. The highest BCUT2D eigenvalue weighted by Crippen LogP contribution is 2.17. The van der Waals surface area contributed by atoms with Crippen LogP contribution in [0.15, 0.2) is 24.3 Å². The van der Waals surface area contributed by atoms with Crippen LogP contribution < -0.4 is 5.73 Å². The minimum atomic E-state index is -0.410. The third-order valence-electron chi connectivity index (χ3n) is 2.35. The molecule has 0 aliphatic rings. The van der Waals surface area contributed by atoms with Crippen LogP contribution in [0.4, 0.5) is 0 Å². The zero-order chi connectivity index (χ0) is 10.1. The molecule has 0 radical (unpaired) electrons. The molecule has 74 valence electrons. The van der Waals surface area contributed by atoms with E-state index >= 15 is 0 Å². The molecule has 0 spiro atoms. The van der Waals surface area contributed by atoms with Gasteiger partial charge >= 0.3 is 0 Å². The number of fused-ring (bicyclic) bond motifs is 1. The molecule has 0 aliphatic carbocycles. The Hall–Kier alpha value is -1.39. The molecule has 1 aromatic heterocycles. The van der Waals surface area contributed by atoms with Gasteiger partial charge in [-0.25, -0.2) is 4.98 Å². The van der Waals surface area contributed by atoms with Crippen LogP contribution in [0.2, 0.25) is 0 Å². The van der Waals surface area contributed by atoms with Crippen LogP contribution in [0.1, 0.15) is 11.9 Å². The van der Waals surface area contributed by atoms with E-state index in [-0.39, 0.29) is 6.61 Å². The van der Waals surface area contributed by atoms with Gasteiger partial charge in [-0.3, -0.25) is 0 Å². The summed E-state index contributed by atoms with van der Waals surface area (Å²) in [6, 6.07) is 7.40. The Bertz CT molecular complexity index is 450. The first-order valence-corrected chi connectivity index (χ1v) is 4.52. The maximum Gasteiger partial charge on any atom is 0.128 e. The maximum atomic E-state index is 8.96. The van der Waals surface area contributed by atoms with Gasteiger partial charge in [-0.2, -0.15) is 0 Å². The molecule has 1 unspecified atom stereocenters. The van der Waals surface area contributed by atoms with E-state index in [1.165, 1.54) is 0 Å². The van der Waals surface area contributed by atoms with Gasteiger partial charge in [0, 0.05) is 7.05 Å². The molecular weight excluding hydrogens is 178 g/mol. The molecule has 0 bridgehead atoms. The number of hydrogen-bond donors (Lipinski definition) is 2. The van der Waals surface area contributed by atoms with E-state index in [0.717, 1.165) is 11.0 Å². The molecule has 0 aliphatic heterocycles. The van der Waals surface area contributed by atoms with Crippen molar-refractivity contribution in [3.05, 3.63) is 30.1 Å². The highest BCUT2D eigenvalue weighted by molar-refractivity contribution is 5.75. The van der Waals surface area contributed by atoms with Crippen LogP contribution in [0, 0.1) is 0 Å². The number of imidazole rings is 1. The van der Waals surface area contributed by atoms with Crippen molar-refractivity contribution in [1.82, 2.24) is 9.55 Å². The van der Waals surface area contributed by atoms with Crippen LogP contribution in [0.25, 0.3) is 11.0 Å². The summed E-state index contributed by atoms with van der Waals surface area (Å²) in [4.78, 5) is 4.36. The molecule has 3 N–H and O–H groups in total. The number of benzene rings is 1. The normalized spacial score (nSPS) is 13.4. The van der Waals surface area contributed by atoms with E-state index in [1.807, 2.05) is 35.9 Å². The highest BCUT2D eigenvalue weighted by atomic mass is 16.3. The molecule has 0 saturated heterocycles. The average molecular weight is 191 g/mol. The molecule has 4 heteroatoms. The molecule has 0 saturated carbocycles. The number of nitrogens with two attached hydrogens (primary N) is 1. The number of hydrogen-bond acceptors (Lipinski definition) is 3. The van der Waals surface area contributed by atoms with Gasteiger partial charge in [0.05, 0.1) is 23.7 Å². The SMILES string of the molecule is Cn1c(C(N)CO)nc2ccccc21. The van der Waals surface area contributed by atoms with Crippen molar-refractivity contribution < 1.29 is 5.11 Å². The summed E-state index contributed by atoms with van der Waals surface area (Å²) >= 11 is 0. The number of aromatic nitrogens is 2. The summed E-state index contributed by atoms with van der Waals surface area (Å²) in [5.41, 5.74) is 7.67. The Kier molecular flexibility index (Phi) is 2.23. The molecular formula is C10H13N3O. The minimum Gasteiger partial charge on any atom is -0.394 e. The second kappa shape index (κ2) is 3.40. The van der Waals surface area contributed by atoms with Gasteiger partial charge in [-0.05, 0) is 12.1 Å². The second-order valence-corrected chi connectivity index (χ2v) is 3.31. The van der Waals surface area contributed by atoms with Gasteiger partial charge in [0.1, 0.15) is 5.82 Å². The lowest BCUT2D eigenvalue weighted by molar-refractivity contribution is 0.262. The van der Waals surface area contributed by atoms with Crippen molar-refractivity contribution in [2.75, 3.05) is 6.61 Å². The Morgan fingerprint density at radius 1 is 1.50 bits per heavy atom. The van der Waals surface area contributed by atoms with Crippen molar-refractivity contribution in [3.8, 4) is 0 Å². The van der Waals surface area contributed by atoms with Crippen molar-refractivity contribution in [3.63, 3.8) is 0 Å². The van der Waals surface area contributed by atoms with Crippen LogP contribution in [0.5, 0.6) is 0 Å². The van der Waals surface area contributed by atoms with E-state index in [0.29, 0.717) is 5.82 Å². The first-order valence-electron chi connectivity index (χ1n) is 4.52. The van der Waals surface area contributed by atoms with Gasteiger partial charge in [0.2, 0.25) is 0 Å². The quantitative estimate of drug-likeness (QED) is 0.729. The number of para-hydroxylation sites is 2. The van der Waals surface area contributed by atoms with Gasteiger partial charge in [-0.15, -0.1) is 0 Å². The lowest BCUT2D eigenvalue weighted by Gasteiger charge is -2.07. The van der Waals surface area contributed by atoms with Crippen LogP contribution >= 0.6 is 0 Å². The van der Waals surface area contributed by atoms with Gasteiger partial charge in [-0.1, -0.05) is 12.1 Å². The Balaban J connectivity index is 2.62. The Labute approximate surface area is 82.0 Å². The molecule has 1 atom stereocenters. The largest absolute Gasteiger partial charge is 0.394 e. The fourth-order valence-electron chi connectivity index (χ4n) is 1.58. The summed E-state index contributed by atoms with van der Waals surface area (Å²) in [5.74, 6) is 0.716. The fourth-order valence-corrected chi connectivity index (χ4v) is 1.58. The molecule has 0 fully saturated rings. The van der Waals surface area contributed by atoms with Crippen LogP contribution in [-0.2, 0) is 7.05 Å². The first kappa shape index (κ1) is 9.18. The minimum absolute atomic E-state index is 0.0861. The third kappa shape index (κ3) is 1.29. The Morgan fingerprint density at radius 3 is 2.86 bits per heavy atom. The van der Waals surface area contributed by atoms with Crippen molar-refractivity contribution in [2.24, 2.45) is 12.8 Å². The topological polar surface area (TPSA) is 64.1 Å². The van der Waals surface area contributed by atoms with Crippen molar-refractivity contribution in [1.29, 1.82) is 0 Å². The summed E-state index contributed by atoms with van der Waals surface area (Å²) in [5, 5.41) is 8.96. The van der Waals surface area contributed by atoms with E-state index < -0.39 is 6.04 Å². The number of aliphatic hydroxyl groups is 1. The third-order valence-corrected chi connectivity index (χ3v) is 2.35. The smallest absolute Gasteiger partial charge is 0.128 e. The lowest BCUT2D eigenvalue weighted by atomic mass is 10.3. The number of rotatable bonds is 2. The lowest BCUT2D eigenvalue weighted by Crippen LogP contribution is -2.18. The first-order chi connectivity index (χ1) is 6.74. The molecule has 1 heterocycles. The van der Waals surface area contributed by atoms with Crippen molar-refractivity contribution in [2.45, 2.75) is 6.04 Å². The van der Waals surface area contributed by atoms with Gasteiger partial charge in [0.15, 0.2) is 0 Å². The van der Waals surface area contributed by atoms with Gasteiger partial charge < -0.3 is 15.4 Å². The van der Waals surface area contributed by atoms with Crippen molar-refractivity contribution >= 4 is 11.0 Å². The molecule has 2 rings (SSSR count). The predicted molar refractivity (Wildman–Crippen MR) is 54.7 cm³/mol. The van der Waals surface area contributed by atoms with E-state index in [9.17, 15) is 0 Å². The van der Waals surface area contributed by atoms with Gasteiger partial charge in [0.25, 0.3) is 0 Å². The maximum absolute atomic E-state index is 8.96. The molecule has 2 aromatic rings. The standard InChI is InChI=1S/C10H13N3O/c1-13-9-5-3-2-4-8(9)12-10(13)7(11)6-14/h2-5,7,14H,6,11H2,1H3. The fraction of sp³-hybridized carbons (Fsp3) is 0.300. The monoisotopic (exact) mass is 191 g/mol. The Morgan fingerprint density at radius 2 is 2.21 bits per heavy atom. The summed E-state index contributed by atoms with van der Waals surface area (Å²) in [6.45, 7) is -0.0861. The zero-order valence-corrected chi connectivity index (χ0v) is 8.01. The van der Waals surface area contributed by atoms with Crippen LogP contribution in [0.3, 0.4) is 0 Å². The summed E-state index contributed by atoms with van der Waals surface area (Å²) in [6.07, 6.45) is 0. The summed E-state index contributed by atoms with van der Waals surface area (Å²) in [7, 11) is 1.90. The second-order valence-electron chi connectivity index (χ2n) is 3.31. The molecule has 4 nitrogen and oxygen atoms in total. The van der Waals surface area contributed by atoms with E-state index in [4.69, 9.17) is 10.8 Å². The number of aliphatic hydroxyl groups excluding tert-OH is 1. The molecule has 0 amide bonds. The van der Waals surface area contributed by atoms with E-state index in [2.05, 4.69) is 4.98 Å².